The number of hydrogen-bond donors (Lipinski definition) is 3. The van der Waals surface area contributed by atoms with Crippen molar-refractivity contribution in [2.24, 2.45) is 4.99 Å². The lowest BCUT2D eigenvalue weighted by Crippen LogP contribution is -2.39. The number of hydrogen-bond acceptors (Lipinski definition) is 5. The fraction of sp³-hybridized carbons (Fsp3) is 0.389. The van der Waals surface area contributed by atoms with Gasteiger partial charge in [0.15, 0.2) is 11.8 Å². The van der Waals surface area contributed by atoms with Crippen LogP contribution in [0.15, 0.2) is 35.3 Å². The summed E-state index contributed by atoms with van der Waals surface area (Å²) in [6.45, 7) is 1.94. The number of fused-ring (bicyclic) bond motifs is 2. The number of aromatic nitrogens is 3. The quantitative estimate of drug-likeness (QED) is 0.286. The van der Waals surface area contributed by atoms with Gasteiger partial charge in [0.05, 0.1) is 6.54 Å². The van der Waals surface area contributed by atoms with Gasteiger partial charge in [0.2, 0.25) is 0 Å². The molecule has 1 atom stereocenters. The predicted molar refractivity (Wildman–Crippen MR) is 119 cm³/mol. The number of nitrogens with zero attached hydrogens (tertiary/aromatic N) is 4. The molecule has 3 N–H and O–H groups in total. The van der Waals surface area contributed by atoms with Crippen molar-refractivity contribution in [2.45, 2.75) is 32.0 Å². The second-order valence-corrected chi connectivity index (χ2v) is 7.41. The standard InChI is InChI=1S/C18H22N6OS.HI/c1-19-18(21-11-17-23-22-16-7-4-8-24(16)17)20-10-13(25)15-9-12-5-2-3-6-14(12)26-15;/h2-3,5-6,9,13,25H,4,7-8,10-11H2,1H3,(H2,19,20,21);1H. The molecule has 0 spiro atoms. The predicted octanol–water partition coefficient (Wildman–Crippen LogP) is 2.46. The molecular weight excluding hydrogens is 475 g/mol. The molecule has 0 radical (unpaired) electrons. The molecule has 9 heteroatoms. The van der Waals surface area contributed by atoms with Gasteiger partial charge in [-0.25, -0.2) is 0 Å². The average molecular weight is 498 g/mol. The summed E-state index contributed by atoms with van der Waals surface area (Å²) in [5.74, 6) is 2.62. The van der Waals surface area contributed by atoms with Gasteiger partial charge in [0.25, 0.3) is 0 Å². The van der Waals surface area contributed by atoms with Crippen molar-refractivity contribution < 1.29 is 5.11 Å². The number of thiophene rings is 1. The molecule has 144 valence electrons. The molecule has 0 fully saturated rings. The number of aliphatic hydroxyl groups is 1. The first-order chi connectivity index (χ1) is 12.7. The summed E-state index contributed by atoms with van der Waals surface area (Å²) in [4.78, 5) is 5.17. The van der Waals surface area contributed by atoms with Gasteiger partial charge in [0.1, 0.15) is 11.9 Å². The van der Waals surface area contributed by atoms with E-state index in [-0.39, 0.29) is 24.0 Å². The fourth-order valence-electron chi connectivity index (χ4n) is 3.19. The average Bonchev–Trinajstić information content (AvgIpc) is 3.37. The summed E-state index contributed by atoms with van der Waals surface area (Å²) < 4.78 is 3.34. The molecule has 2 aromatic heterocycles. The molecule has 0 saturated heterocycles. The molecule has 0 saturated carbocycles. The van der Waals surface area contributed by atoms with Crippen LogP contribution in [0.25, 0.3) is 10.1 Å². The maximum Gasteiger partial charge on any atom is 0.191 e. The number of benzene rings is 1. The van der Waals surface area contributed by atoms with Gasteiger partial charge < -0.3 is 20.3 Å². The van der Waals surface area contributed by atoms with E-state index in [0.717, 1.165) is 41.3 Å². The second-order valence-electron chi connectivity index (χ2n) is 6.30. The SMILES string of the molecule is CN=C(NCc1nnc2n1CCC2)NCC(O)c1cc2ccccc2s1.I. The maximum atomic E-state index is 10.5. The summed E-state index contributed by atoms with van der Waals surface area (Å²) in [6, 6.07) is 10.2. The topological polar surface area (TPSA) is 87.4 Å². The number of nitrogens with one attached hydrogen (secondary N) is 2. The Morgan fingerprint density at radius 1 is 1.33 bits per heavy atom. The van der Waals surface area contributed by atoms with Crippen LogP contribution in [0, 0.1) is 0 Å². The summed E-state index contributed by atoms with van der Waals surface area (Å²) in [5.41, 5.74) is 0. The number of halogens is 1. The Hall–Kier alpha value is -1.72. The Labute approximate surface area is 178 Å². The van der Waals surface area contributed by atoms with Crippen LogP contribution in [0.3, 0.4) is 0 Å². The third-order valence-electron chi connectivity index (χ3n) is 4.56. The van der Waals surface area contributed by atoms with Crippen molar-refractivity contribution >= 4 is 51.4 Å². The van der Waals surface area contributed by atoms with Crippen molar-refractivity contribution in [1.29, 1.82) is 0 Å². The summed E-state index contributed by atoms with van der Waals surface area (Å²) in [5, 5.41) is 26.5. The third kappa shape index (κ3) is 4.41. The Balaban J connectivity index is 0.00000210. The summed E-state index contributed by atoms with van der Waals surface area (Å²) in [6.07, 6.45) is 1.55. The third-order valence-corrected chi connectivity index (χ3v) is 5.78. The largest absolute Gasteiger partial charge is 0.386 e. The molecule has 3 heterocycles. The number of aliphatic imine (C=N–C) groups is 1. The van der Waals surface area contributed by atoms with Crippen LogP contribution in [0.5, 0.6) is 0 Å². The number of guanidine groups is 1. The van der Waals surface area contributed by atoms with Crippen molar-refractivity contribution in [3.05, 3.63) is 46.9 Å². The first-order valence-corrected chi connectivity index (χ1v) is 9.58. The van der Waals surface area contributed by atoms with Crippen molar-refractivity contribution in [1.82, 2.24) is 25.4 Å². The van der Waals surface area contributed by atoms with Gasteiger partial charge in [-0.3, -0.25) is 4.99 Å². The Morgan fingerprint density at radius 3 is 3.00 bits per heavy atom. The lowest BCUT2D eigenvalue weighted by molar-refractivity contribution is 0.184. The molecule has 0 aliphatic carbocycles. The normalized spacial score (nSPS) is 14.7. The van der Waals surface area contributed by atoms with Crippen LogP contribution >= 0.6 is 35.3 Å². The molecule has 7 nitrogen and oxygen atoms in total. The van der Waals surface area contributed by atoms with E-state index in [9.17, 15) is 5.11 Å². The second kappa shape index (κ2) is 8.98. The van der Waals surface area contributed by atoms with Gasteiger partial charge >= 0.3 is 0 Å². The highest BCUT2D eigenvalue weighted by Crippen LogP contribution is 2.29. The Kier molecular flexibility index (Phi) is 6.66. The van der Waals surface area contributed by atoms with E-state index in [1.165, 1.54) is 4.70 Å². The van der Waals surface area contributed by atoms with Crippen LogP contribution in [0.1, 0.15) is 29.1 Å². The van der Waals surface area contributed by atoms with Crippen LogP contribution in [0.4, 0.5) is 0 Å². The van der Waals surface area contributed by atoms with E-state index in [0.29, 0.717) is 19.0 Å². The lowest BCUT2D eigenvalue weighted by atomic mass is 10.2. The minimum absolute atomic E-state index is 0. The smallest absolute Gasteiger partial charge is 0.191 e. The van der Waals surface area contributed by atoms with Gasteiger partial charge in [0, 0.05) is 36.1 Å². The van der Waals surface area contributed by atoms with E-state index in [1.807, 2.05) is 18.2 Å². The van der Waals surface area contributed by atoms with Gasteiger partial charge in [-0.2, -0.15) is 0 Å². The van der Waals surface area contributed by atoms with Crippen molar-refractivity contribution in [2.75, 3.05) is 13.6 Å². The van der Waals surface area contributed by atoms with Crippen molar-refractivity contribution in [3.8, 4) is 0 Å². The number of aryl methyl sites for hydroxylation is 1. The fourth-order valence-corrected chi connectivity index (χ4v) is 4.24. The molecule has 1 aromatic carbocycles. The molecule has 0 amide bonds. The van der Waals surface area contributed by atoms with Crippen LogP contribution < -0.4 is 10.6 Å². The van der Waals surface area contributed by atoms with Crippen molar-refractivity contribution in [3.63, 3.8) is 0 Å². The maximum absolute atomic E-state index is 10.5. The van der Waals surface area contributed by atoms with E-state index in [4.69, 9.17) is 0 Å². The molecule has 1 aliphatic rings. The molecule has 4 rings (SSSR count). The minimum atomic E-state index is -0.580. The minimum Gasteiger partial charge on any atom is -0.386 e. The zero-order valence-corrected chi connectivity index (χ0v) is 18.2. The van der Waals surface area contributed by atoms with E-state index in [2.05, 4.69) is 42.5 Å². The zero-order valence-electron chi connectivity index (χ0n) is 15.1. The molecule has 0 bridgehead atoms. The molecule has 27 heavy (non-hydrogen) atoms. The molecule has 3 aromatic rings. The first-order valence-electron chi connectivity index (χ1n) is 8.76. The molecular formula is C18H23IN6OS. The Bertz CT molecular complexity index is 904. The van der Waals surface area contributed by atoms with E-state index < -0.39 is 6.10 Å². The van der Waals surface area contributed by atoms with Crippen LogP contribution in [-0.2, 0) is 19.5 Å². The molecule has 1 unspecified atom stereocenters. The van der Waals surface area contributed by atoms with E-state index in [1.54, 1.807) is 18.4 Å². The monoisotopic (exact) mass is 498 g/mol. The number of rotatable bonds is 5. The molecule has 1 aliphatic heterocycles. The highest BCUT2D eigenvalue weighted by Gasteiger charge is 2.17. The Morgan fingerprint density at radius 2 is 2.19 bits per heavy atom. The lowest BCUT2D eigenvalue weighted by Gasteiger charge is -2.14. The highest BCUT2D eigenvalue weighted by molar-refractivity contribution is 14.0. The van der Waals surface area contributed by atoms with Crippen LogP contribution in [-0.4, -0.2) is 39.4 Å². The zero-order chi connectivity index (χ0) is 17.9. The van der Waals surface area contributed by atoms with E-state index >= 15 is 0 Å². The summed E-state index contributed by atoms with van der Waals surface area (Å²) >= 11 is 1.62. The summed E-state index contributed by atoms with van der Waals surface area (Å²) in [7, 11) is 1.72. The van der Waals surface area contributed by atoms with Gasteiger partial charge in [-0.05, 0) is 23.9 Å². The highest BCUT2D eigenvalue weighted by atomic mass is 127. The first kappa shape index (κ1) is 20.0. The van der Waals surface area contributed by atoms with Gasteiger partial charge in [-0.1, -0.05) is 18.2 Å². The van der Waals surface area contributed by atoms with Crippen LogP contribution in [0.2, 0.25) is 0 Å². The van der Waals surface area contributed by atoms with Gasteiger partial charge in [-0.15, -0.1) is 45.5 Å². The number of aliphatic hydroxyl groups excluding tert-OH is 1.